The van der Waals surface area contributed by atoms with Gasteiger partial charge in [-0.15, -0.1) is 0 Å². The average Bonchev–Trinajstić information content (AvgIpc) is 3.02. The highest BCUT2D eigenvalue weighted by atomic mass is 16.2. The number of benzene rings is 1. The van der Waals surface area contributed by atoms with Crippen molar-refractivity contribution in [3.63, 3.8) is 0 Å². The zero-order valence-electron chi connectivity index (χ0n) is 18.7. The fourth-order valence-electron chi connectivity index (χ4n) is 4.18. The van der Waals surface area contributed by atoms with Crippen LogP contribution in [-0.2, 0) is 20.1 Å². The maximum Gasteiger partial charge on any atom is 0.274 e. The SMILES string of the molecule is Cc1cc(C)c(CNC(=O)c2c(C)n(Cc3ccccc3)c3c(=O)n(C)ccc23)c(=O)[nH]1. The molecule has 1 amide bonds. The van der Waals surface area contributed by atoms with Gasteiger partial charge in [0.05, 0.1) is 5.56 Å². The second kappa shape index (κ2) is 8.34. The highest BCUT2D eigenvalue weighted by Gasteiger charge is 2.23. The van der Waals surface area contributed by atoms with E-state index in [-0.39, 0.29) is 23.6 Å². The van der Waals surface area contributed by atoms with Crippen molar-refractivity contribution in [1.82, 2.24) is 19.4 Å². The average molecular weight is 431 g/mol. The molecule has 0 unspecified atom stereocenters. The van der Waals surface area contributed by atoms with Crippen molar-refractivity contribution in [2.24, 2.45) is 7.05 Å². The predicted molar refractivity (Wildman–Crippen MR) is 125 cm³/mol. The molecule has 164 valence electrons. The van der Waals surface area contributed by atoms with Gasteiger partial charge in [-0.3, -0.25) is 14.4 Å². The minimum absolute atomic E-state index is 0.107. The quantitative estimate of drug-likeness (QED) is 0.510. The molecule has 0 bridgehead atoms. The summed E-state index contributed by atoms with van der Waals surface area (Å²) in [6.45, 7) is 6.11. The monoisotopic (exact) mass is 430 g/mol. The van der Waals surface area contributed by atoms with Crippen molar-refractivity contribution in [1.29, 1.82) is 0 Å². The van der Waals surface area contributed by atoms with Crippen molar-refractivity contribution in [3.8, 4) is 0 Å². The van der Waals surface area contributed by atoms with Crippen molar-refractivity contribution in [2.45, 2.75) is 33.9 Å². The van der Waals surface area contributed by atoms with E-state index in [1.807, 2.05) is 61.7 Å². The molecule has 3 heterocycles. The lowest BCUT2D eigenvalue weighted by molar-refractivity contribution is 0.0951. The summed E-state index contributed by atoms with van der Waals surface area (Å²) >= 11 is 0. The van der Waals surface area contributed by atoms with Crippen LogP contribution in [0.1, 0.15) is 38.4 Å². The number of amides is 1. The predicted octanol–water partition coefficient (Wildman–Crippen LogP) is 2.93. The molecule has 0 radical (unpaired) electrons. The first-order valence-corrected chi connectivity index (χ1v) is 10.5. The molecule has 32 heavy (non-hydrogen) atoms. The van der Waals surface area contributed by atoms with Crippen LogP contribution < -0.4 is 16.4 Å². The molecule has 7 nitrogen and oxygen atoms in total. The lowest BCUT2D eigenvalue weighted by Crippen LogP contribution is -2.28. The van der Waals surface area contributed by atoms with Crippen LogP contribution in [0, 0.1) is 20.8 Å². The van der Waals surface area contributed by atoms with Crippen molar-refractivity contribution in [3.05, 3.63) is 103 Å². The summed E-state index contributed by atoms with van der Waals surface area (Å²) in [5, 5.41) is 3.48. The van der Waals surface area contributed by atoms with Gasteiger partial charge in [0.1, 0.15) is 5.52 Å². The first-order valence-electron chi connectivity index (χ1n) is 10.5. The largest absolute Gasteiger partial charge is 0.348 e. The van der Waals surface area contributed by atoms with E-state index in [0.29, 0.717) is 34.3 Å². The second-order valence-corrected chi connectivity index (χ2v) is 8.15. The molecule has 0 aliphatic rings. The molecule has 0 aliphatic heterocycles. The van der Waals surface area contributed by atoms with Gasteiger partial charge in [0.25, 0.3) is 17.0 Å². The number of nitrogens with zero attached hydrogens (tertiary/aromatic N) is 2. The van der Waals surface area contributed by atoms with Crippen molar-refractivity contribution < 1.29 is 4.79 Å². The Hall–Kier alpha value is -3.87. The van der Waals surface area contributed by atoms with Crippen molar-refractivity contribution in [2.75, 3.05) is 0 Å². The summed E-state index contributed by atoms with van der Waals surface area (Å²) in [6.07, 6.45) is 1.67. The van der Waals surface area contributed by atoms with E-state index in [0.717, 1.165) is 16.8 Å². The van der Waals surface area contributed by atoms with Gasteiger partial charge in [-0.1, -0.05) is 30.3 Å². The zero-order valence-corrected chi connectivity index (χ0v) is 18.7. The van der Waals surface area contributed by atoms with Crippen LogP contribution in [0.2, 0.25) is 0 Å². The Balaban J connectivity index is 1.77. The molecule has 0 spiro atoms. The van der Waals surface area contributed by atoms with E-state index >= 15 is 0 Å². The maximum atomic E-state index is 13.3. The van der Waals surface area contributed by atoms with Gasteiger partial charge in [0, 0.05) is 48.7 Å². The lowest BCUT2D eigenvalue weighted by atomic mass is 10.1. The number of hydrogen-bond donors (Lipinski definition) is 2. The summed E-state index contributed by atoms with van der Waals surface area (Å²) < 4.78 is 3.41. The number of nitrogens with one attached hydrogen (secondary N) is 2. The molecule has 1 aromatic carbocycles. The van der Waals surface area contributed by atoms with E-state index in [4.69, 9.17) is 0 Å². The number of aromatic amines is 1. The molecule has 4 rings (SSSR count). The first-order chi connectivity index (χ1) is 15.3. The molecule has 3 aromatic heterocycles. The number of aromatic nitrogens is 3. The summed E-state index contributed by atoms with van der Waals surface area (Å²) in [6, 6.07) is 13.5. The molecule has 4 aromatic rings. The zero-order chi connectivity index (χ0) is 23.0. The minimum atomic E-state index is -0.313. The van der Waals surface area contributed by atoms with Crippen LogP contribution in [0.15, 0.2) is 58.3 Å². The minimum Gasteiger partial charge on any atom is -0.348 e. The van der Waals surface area contributed by atoms with Gasteiger partial charge < -0.3 is 19.4 Å². The summed E-state index contributed by atoms with van der Waals surface area (Å²) in [7, 11) is 1.70. The number of hydrogen-bond acceptors (Lipinski definition) is 3. The molecular formula is C25H26N4O3. The third-order valence-corrected chi connectivity index (χ3v) is 5.88. The number of rotatable bonds is 5. The van der Waals surface area contributed by atoms with Gasteiger partial charge in [-0.2, -0.15) is 0 Å². The van der Waals surface area contributed by atoms with Gasteiger partial charge >= 0.3 is 0 Å². The highest BCUT2D eigenvalue weighted by Crippen LogP contribution is 2.25. The van der Waals surface area contributed by atoms with Gasteiger partial charge in [0.2, 0.25) is 0 Å². The summed E-state index contributed by atoms with van der Waals surface area (Å²) in [4.78, 5) is 41.3. The van der Waals surface area contributed by atoms with Crippen LogP contribution in [0.3, 0.4) is 0 Å². The fraction of sp³-hybridized carbons (Fsp3) is 0.240. The van der Waals surface area contributed by atoms with Crippen LogP contribution >= 0.6 is 0 Å². The maximum absolute atomic E-state index is 13.3. The molecule has 0 saturated carbocycles. The standard InChI is InChI=1S/C25H26N4O3/c1-15-12-16(2)27-23(30)20(15)13-26-24(31)21-17(3)29(14-18-8-6-5-7-9-18)22-19(21)10-11-28(4)25(22)32/h5-12H,13-14H2,1-4H3,(H,26,31)(H,27,30). The number of H-pyrrole nitrogens is 1. The molecular weight excluding hydrogens is 404 g/mol. The van der Waals surface area contributed by atoms with Crippen LogP contribution in [0.25, 0.3) is 10.9 Å². The van der Waals surface area contributed by atoms with Crippen LogP contribution in [0.4, 0.5) is 0 Å². The van der Waals surface area contributed by atoms with Gasteiger partial charge in [0.15, 0.2) is 0 Å². The Labute approximate surface area is 185 Å². The van der Waals surface area contributed by atoms with E-state index in [1.54, 1.807) is 19.3 Å². The van der Waals surface area contributed by atoms with Crippen LogP contribution in [0.5, 0.6) is 0 Å². The number of fused-ring (bicyclic) bond motifs is 1. The summed E-state index contributed by atoms with van der Waals surface area (Å²) in [5.74, 6) is -0.313. The molecule has 0 saturated heterocycles. The number of aryl methyl sites for hydroxylation is 3. The normalized spacial score (nSPS) is 11.1. The fourth-order valence-corrected chi connectivity index (χ4v) is 4.18. The summed E-state index contributed by atoms with van der Waals surface area (Å²) in [5.41, 5.74) is 4.44. The Kier molecular flexibility index (Phi) is 5.57. The molecule has 0 aliphatic carbocycles. The van der Waals surface area contributed by atoms with Gasteiger partial charge in [-0.05, 0) is 44.0 Å². The molecule has 7 heteroatoms. The van der Waals surface area contributed by atoms with E-state index in [2.05, 4.69) is 10.3 Å². The Morgan fingerprint density at radius 3 is 2.47 bits per heavy atom. The van der Waals surface area contributed by atoms with E-state index in [1.165, 1.54) is 4.57 Å². The number of pyridine rings is 2. The van der Waals surface area contributed by atoms with Gasteiger partial charge in [-0.25, -0.2) is 0 Å². The first kappa shape index (κ1) is 21.4. The topological polar surface area (TPSA) is 88.9 Å². The highest BCUT2D eigenvalue weighted by molar-refractivity contribution is 6.08. The smallest absolute Gasteiger partial charge is 0.274 e. The Bertz CT molecular complexity index is 1440. The Morgan fingerprint density at radius 1 is 1.06 bits per heavy atom. The van der Waals surface area contributed by atoms with E-state index in [9.17, 15) is 14.4 Å². The van der Waals surface area contributed by atoms with Crippen LogP contribution in [-0.4, -0.2) is 20.0 Å². The lowest BCUT2D eigenvalue weighted by Gasteiger charge is -2.10. The number of carbonyl (C=O) groups is 1. The molecule has 0 atom stereocenters. The Morgan fingerprint density at radius 2 is 1.78 bits per heavy atom. The number of carbonyl (C=O) groups excluding carboxylic acids is 1. The molecule has 2 N–H and O–H groups in total. The third kappa shape index (κ3) is 3.77. The van der Waals surface area contributed by atoms with Crippen molar-refractivity contribution >= 4 is 16.8 Å². The molecule has 0 fully saturated rings. The second-order valence-electron chi connectivity index (χ2n) is 8.15. The van der Waals surface area contributed by atoms with E-state index < -0.39 is 0 Å². The third-order valence-electron chi connectivity index (χ3n) is 5.88.